The molecular formula is C19H14O2. The van der Waals surface area contributed by atoms with Crippen molar-refractivity contribution in [1.82, 2.24) is 0 Å². The van der Waals surface area contributed by atoms with Crippen molar-refractivity contribution in [1.29, 1.82) is 0 Å². The molecule has 0 amide bonds. The maximum Gasteiger partial charge on any atom is 0.343 e. The van der Waals surface area contributed by atoms with Gasteiger partial charge in [-0.05, 0) is 40.6 Å². The van der Waals surface area contributed by atoms with E-state index in [4.69, 9.17) is 4.74 Å². The molecule has 0 saturated carbocycles. The van der Waals surface area contributed by atoms with Crippen molar-refractivity contribution < 1.29 is 9.53 Å². The van der Waals surface area contributed by atoms with Gasteiger partial charge in [-0.3, -0.25) is 0 Å². The van der Waals surface area contributed by atoms with Crippen molar-refractivity contribution in [2.75, 3.05) is 0 Å². The first-order chi connectivity index (χ1) is 10.3. The summed E-state index contributed by atoms with van der Waals surface area (Å²) in [6.45, 7) is 3.69. The fourth-order valence-corrected chi connectivity index (χ4v) is 2.15. The van der Waals surface area contributed by atoms with Gasteiger partial charge in [-0.15, -0.1) is 0 Å². The zero-order valence-corrected chi connectivity index (χ0v) is 11.5. The van der Waals surface area contributed by atoms with Gasteiger partial charge < -0.3 is 4.74 Å². The molecule has 0 N–H and O–H groups in total. The SMILES string of the molecule is C=Cc1ccc(C(=O)Oc2ccc3ccccc3c2)cc1. The Morgan fingerprint density at radius 1 is 0.905 bits per heavy atom. The van der Waals surface area contributed by atoms with Crippen molar-refractivity contribution in [2.45, 2.75) is 0 Å². The van der Waals surface area contributed by atoms with Crippen LogP contribution in [0, 0.1) is 0 Å². The van der Waals surface area contributed by atoms with Gasteiger partial charge in [0.15, 0.2) is 0 Å². The second-order valence-corrected chi connectivity index (χ2v) is 4.72. The summed E-state index contributed by atoms with van der Waals surface area (Å²) in [5.41, 5.74) is 1.49. The molecule has 0 bridgehead atoms. The smallest absolute Gasteiger partial charge is 0.343 e. The van der Waals surface area contributed by atoms with E-state index < -0.39 is 0 Å². The minimum atomic E-state index is -0.360. The lowest BCUT2D eigenvalue weighted by Gasteiger charge is -2.06. The Bertz CT molecular complexity index is 801. The van der Waals surface area contributed by atoms with Gasteiger partial charge in [-0.25, -0.2) is 4.79 Å². The predicted molar refractivity (Wildman–Crippen MR) is 85.4 cm³/mol. The third-order valence-corrected chi connectivity index (χ3v) is 3.31. The number of rotatable bonds is 3. The number of carbonyl (C=O) groups excluding carboxylic acids is 1. The molecule has 3 aromatic rings. The second-order valence-electron chi connectivity index (χ2n) is 4.72. The van der Waals surface area contributed by atoms with Crippen LogP contribution in [0.2, 0.25) is 0 Å². The third kappa shape index (κ3) is 2.84. The minimum absolute atomic E-state index is 0.360. The van der Waals surface area contributed by atoms with Crippen LogP contribution in [0.5, 0.6) is 5.75 Å². The molecule has 0 unspecified atom stereocenters. The van der Waals surface area contributed by atoms with Crippen LogP contribution in [0.1, 0.15) is 15.9 Å². The molecule has 3 rings (SSSR count). The van der Waals surface area contributed by atoms with Gasteiger partial charge >= 0.3 is 5.97 Å². The Morgan fingerprint density at radius 2 is 1.62 bits per heavy atom. The van der Waals surface area contributed by atoms with Crippen LogP contribution < -0.4 is 4.74 Å². The molecular weight excluding hydrogens is 260 g/mol. The molecule has 21 heavy (non-hydrogen) atoms. The Morgan fingerprint density at radius 3 is 2.33 bits per heavy atom. The first-order valence-electron chi connectivity index (χ1n) is 6.70. The summed E-state index contributed by atoms with van der Waals surface area (Å²) in [4.78, 5) is 12.1. The largest absolute Gasteiger partial charge is 0.423 e. The van der Waals surface area contributed by atoms with Crippen LogP contribution in [0.4, 0.5) is 0 Å². The second kappa shape index (κ2) is 5.63. The van der Waals surface area contributed by atoms with Gasteiger partial charge in [0.1, 0.15) is 5.75 Å². The molecule has 2 nitrogen and oxygen atoms in total. The fourth-order valence-electron chi connectivity index (χ4n) is 2.15. The van der Waals surface area contributed by atoms with Crippen molar-refractivity contribution in [3.8, 4) is 5.75 Å². The molecule has 0 atom stereocenters. The number of hydrogen-bond donors (Lipinski definition) is 0. The summed E-state index contributed by atoms with van der Waals surface area (Å²) >= 11 is 0. The highest BCUT2D eigenvalue weighted by molar-refractivity contribution is 5.92. The molecule has 0 radical (unpaired) electrons. The van der Waals surface area contributed by atoms with E-state index >= 15 is 0 Å². The lowest BCUT2D eigenvalue weighted by Crippen LogP contribution is -2.08. The molecule has 102 valence electrons. The van der Waals surface area contributed by atoms with Gasteiger partial charge in [0.2, 0.25) is 0 Å². The monoisotopic (exact) mass is 274 g/mol. The Kier molecular flexibility index (Phi) is 3.52. The lowest BCUT2D eigenvalue weighted by molar-refractivity contribution is 0.0735. The van der Waals surface area contributed by atoms with Crippen molar-refractivity contribution in [3.63, 3.8) is 0 Å². The lowest BCUT2D eigenvalue weighted by atomic mass is 10.1. The van der Waals surface area contributed by atoms with E-state index in [0.717, 1.165) is 16.3 Å². The molecule has 0 fully saturated rings. The standard InChI is InChI=1S/C19H14O2/c1-2-14-7-9-16(10-8-14)19(20)21-18-12-11-15-5-3-4-6-17(15)13-18/h2-13H,1H2. The predicted octanol–water partition coefficient (Wildman–Crippen LogP) is 4.70. The molecule has 0 heterocycles. The Balaban J connectivity index is 1.83. The minimum Gasteiger partial charge on any atom is -0.423 e. The van der Waals surface area contributed by atoms with Gasteiger partial charge in [-0.1, -0.05) is 55.1 Å². The molecule has 0 saturated heterocycles. The molecule has 0 aliphatic carbocycles. The molecule has 0 aromatic heterocycles. The van der Waals surface area contributed by atoms with Crippen LogP contribution in [0.3, 0.4) is 0 Å². The number of fused-ring (bicyclic) bond motifs is 1. The zero-order valence-electron chi connectivity index (χ0n) is 11.5. The number of benzene rings is 3. The number of carbonyl (C=O) groups is 1. The summed E-state index contributed by atoms with van der Waals surface area (Å²) < 4.78 is 5.42. The fraction of sp³-hybridized carbons (Fsp3) is 0. The average Bonchev–Trinajstić information content (AvgIpc) is 2.55. The molecule has 3 aromatic carbocycles. The van der Waals surface area contributed by atoms with Crippen LogP contribution in [-0.4, -0.2) is 5.97 Å². The molecule has 2 heteroatoms. The topological polar surface area (TPSA) is 26.3 Å². The van der Waals surface area contributed by atoms with Gasteiger partial charge in [0, 0.05) is 0 Å². The van der Waals surface area contributed by atoms with Gasteiger partial charge in [-0.2, -0.15) is 0 Å². The highest BCUT2D eigenvalue weighted by atomic mass is 16.5. The summed E-state index contributed by atoms with van der Waals surface area (Å²) in [6.07, 6.45) is 1.73. The summed E-state index contributed by atoms with van der Waals surface area (Å²) in [5, 5.41) is 2.16. The van der Waals surface area contributed by atoms with Crippen LogP contribution in [0.25, 0.3) is 16.8 Å². The van der Waals surface area contributed by atoms with E-state index in [1.807, 2.05) is 48.5 Å². The Labute approximate surface area is 123 Å². The number of hydrogen-bond acceptors (Lipinski definition) is 2. The van der Waals surface area contributed by atoms with Crippen LogP contribution in [0.15, 0.2) is 73.3 Å². The molecule has 0 aliphatic rings. The summed E-state index contributed by atoms with van der Waals surface area (Å²) in [5.74, 6) is 0.187. The first kappa shape index (κ1) is 13.1. The van der Waals surface area contributed by atoms with E-state index in [2.05, 4.69) is 6.58 Å². The Hall–Kier alpha value is -2.87. The van der Waals surface area contributed by atoms with Crippen molar-refractivity contribution >= 4 is 22.8 Å². The maximum absolute atomic E-state index is 12.1. The van der Waals surface area contributed by atoms with Crippen LogP contribution >= 0.6 is 0 Å². The van der Waals surface area contributed by atoms with Gasteiger partial charge in [0.25, 0.3) is 0 Å². The van der Waals surface area contributed by atoms with Crippen molar-refractivity contribution in [2.24, 2.45) is 0 Å². The van der Waals surface area contributed by atoms with E-state index in [9.17, 15) is 4.79 Å². The quantitative estimate of drug-likeness (QED) is 0.511. The maximum atomic E-state index is 12.1. The molecule has 0 spiro atoms. The summed E-state index contributed by atoms with van der Waals surface area (Å²) in [7, 11) is 0. The summed E-state index contributed by atoms with van der Waals surface area (Å²) in [6, 6.07) is 20.7. The normalized spacial score (nSPS) is 10.3. The van der Waals surface area contributed by atoms with E-state index in [-0.39, 0.29) is 5.97 Å². The zero-order chi connectivity index (χ0) is 14.7. The highest BCUT2D eigenvalue weighted by Gasteiger charge is 2.08. The van der Waals surface area contributed by atoms with E-state index in [0.29, 0.717) is 11.3 Å². The van der Waals surface area contributed by atoms with Gasteiger partial charge in [0.05, 0.1) is 5.56 Å². The molecule has 0 aliphatic heterocycles. The van der Waals surface area contributed by atoms with Crippen LogP contribution in [-0.2, 0) is 0 Å². The third-order valence-electron chi connectivity index (χ3n) is 3.31. The number of ether oxygens (including phenoxy) is 1. The number of esters is 1. The van der Waals surface area contributed by atoms with E-state index in [1.54, 1.807) is 24.3 Å². The van der Waals surface area contributed by atoms with E-state index in [1.165, 1.54) is 0 Å². The first-order valence-corrected chi connectivity index (χ1v) is 6.70. The highest BCUT2D eigenvalue weighted by Crippen LogP contribution is 2.21. The average molecular weight is 274 g/mol. The van der Waals surface area contributed by atoms with Crippen molar-refractivity contribution in [3.05, 3.63) is 84.4 Å².